The second kappa shape index (κ2) is 8.58. The molecular weight excluding hydrogens is 281 g/mol. The Kier molecular flexibility index (Phi) is 7.08. The Labute approximate surface area is 122 Å². The van der Waals surface area contributed by atoms with Crippen LogP contribution in [-0.2, 0) is 20.9 Å². The number of ether oxygens (including phenoxy) is 1. The van der Waals surface area contributed by atoms with Crippen molar-refractivity contribution in [3.63, 3.8) is 0 Å². The minimum Gasteiger partial charge on any atom is -0.465 e. The van der Waals surface area contributed by atoms with E-state index in [0.29, 0.717) is 17.7 Å². The van der Waals surface area contributed by atoms with Gasteiger partial charge in [0.05, 0.1) is 18.1 Å². The van der Waals surface area contributed by atoms with Crippen LogP contribution in [0.15, 0.2) is 18.2 Å². The number of halogens is 1. The van der Waals surface area contributed by atoms with Crippen molar-refractivity contribution in [3.05, 3.63) is 35.1 Å². The molecule has 1 rings (SSSR count). The number of nitrogens with one attached hydrogen (secondary N) is 1. The lowest BCUT2D eigenvalue weighted by molar-refractivity contribution is -0.139. The second-order valence-electron chi connectivity index (χ2n) is 4.16. The molecule has 0 saturated heterocycles. The number of benzene rings is 1. The highest BCUT2D eigenvalue weighted by Gasteiger charge is 2.06. The standard InChI is InChI=1S/C14H18FNO3S/c1-3-19-14(18)9-20-8-13(17)16-7-11-5-4-10(2)12(15)6-11/h4-6H,3,7-9H2,1-2H3,(H,16,17). The summed E-state index contributed by atoms with van der Waals surface area (Å²) in [6, 6.07) is 4.85. The van der Waals surface area contributed by atoms with E-state index < -0.39 is 0 Å². The van der Waals surface area contributed by atoms with Crippen LogP contribution in [0, 0.1) is 12.7 Å². The smallest absolute Gasteiger partial charge is 0.315 e. The number of carbonyl (C=O) groups excluding carboxylic acids is 2. The molecule has 0 aliphatic heterocycles. The third-order valence-corrected chi connectivity index (χ3v) is 3.39. The molecule has 0 fully saturated rings. The Morgan fingerprint density at radius 1 is 1.35 bits per heavy atom. The molecule has 1 amide bonds. The Hall–Kier alpha value is -1.56. The third kappa shape index (κ3) is 6.06. The first kappa shape index (κ1) is 16.5. The molecule has 0 spiro atoms. The van der Waals surface area contributed by atoms with Gasteiger partial charge in [-0.25, -0.2) is 4.39 Å². The largest absolute Gasteiger partial charge is 0.465 e. The molecule has 0 saturated carbocycles. The lowest BCUT2D eigenvalue weighted by Crippen LogP contribution is -2.25. The second-order valence-corrected chi connectivity index (χ2v) is 5.14. The minimum atomic E-state index is -0.328. The number of hydrogen-bond donors (Lipinski definition) is 1. The maximum absolute atomic E-state index is 13.3. The van der Waals surface area contributed by atoms with Gasteiger partial charge in [0, 0.05) is 6.54 Å². The van der Waals surface area contributed by atoms with E-state index in [1.54, 1.807) is 26.0 Å². The number of aryl methyl sites for hydroxylation is 1. The van der Waals surface area contributed by atoms with Crippen molar-refractivity contribution in [3.8, 4) is 0 Å². The summed E-state index contributed by atoms with van der Waals surface area (Å²) in [4.78, 5) is 22.6. The quantitative estimate of drug-likeness (QED) is 0.783. The van der Waals surface area contributed by atoms with Gasteiger partial charge in [-0.3, -0.25) is 9.59 Å². The first-order chi connectivity index (χ1) is 9.52. The van der Waals surface area contributed by atoms with Crippen LogP contribution in [0.5, 0.6) is 0 Å². The van der Waals surface area contributed by atoms with Crippen molar-refractivity contribution in [2.45, 2.75) is 20.4 Å². The molecular formula is C14H18FNO3S. The van der Waals surface area contributed by atoms with Crippen LogP contribution in [0.2, 0.25) is 0 Å². The van der Waals surface area contributed by atoms with Crippen LogP contribution in [0.25, 0.3) is 0 Å². The molecule has 1 aromatic rings. The molecule has 4 nitrogen and oxygen atoms in total. The molecule has 1 aromatic carbocycles. The van der Waals surface area contributed by atoms with Crippen LogP contribution in [-0.4, -0.2) is 30.0 Å². The fourth-order valence-electron chi connectivity index (χ4n) is 1.43. The molecule has 0 aliphatic carbocycles. The summed E-state index contributed by atoms with van der Waals surface area (Å²) in [5.74, 6) is -0.479. The van der Waals surface area contributed by atoms with E-state index in [0.717, 1.165) is 0 Å². The highest BCUT2D eigenvalue weighted by Crippen LogP contribution is 2.09. The van der Waals surface area contributed by atoms with Gasteiger partial charge in [0.15, 0.2) is 0 Å². The van der Waals surface area contributed by atoms with Crippen molar-refractivity contribution in [2.75, 3.05) is 18.1 Å². The van der Waals surface area contributed by atoms with E-state index >= 15 is 0 Å². The average molecular weight is 299 g/mol. The molecule has 20 heavy (non-hydrogen) atoms. The molecule has 0 heterocycles. The monoisotopic (exact) mass is 299 g/mol. The predicted molar refractivity (Wildman–Crippen MR) is 76.9 cm³/mol. The maximum Gasteiger partial charge on any atom is 0.315 e. The molecule has 1 N–H and O–H groups in total. The summed E-state index contributed by atoms with van der Waals surface area (Å²) in [5, 5.41) is 2.67. The van der Waals surface area contributed by atoms with Gasteiger partial charge in [0.25, 0.3) is 0 Å². The zero-order valence-electron chi connectivity index (χ0n) is 11.6. The molecule has 0 unspecified atom stereocenters. The Bertz CT molecular complexity index is 479. The first-order valence-corrected chi connectivity index (χ1v) is 7.43. The summed E-state index contributed by atoms with van der Waals surface area (Å²) >= 11 is 1.19. The van der Waals surface area contributed by atoms with Gasteiger partial charge in [-0.2, -0.15) is 0 Å². The van der Waals surface area contributed by atoms with Gasteiger partial charge in [-0.15, -0.1) is 11.8 Å². The zero-order chi connectivity index (χ0) is 15.0. The van der Waals surface area contributed by atoms with E-state index in [4.69, 9.17) is 4.74 Å². The summed E-state index contributed by atoms with van der Waals surface area (Å²) < 4.78 is 18.0. The summed E-state index contributed by atoms with van der Waals surface area (Å²) in [5.41, 5.74) is 1.28. The van der Waals surface area contributed by atoms with Crippen LogP contribution in [0.1, 0.15) is 18.1 Å². The highest BCUT2D eigenvalue weighted by atomic mass is 32.2. The number of thioether (sulfide) groups is 1. The SMILES string of the molecule is CCOC(=O)CSCC(=O)NCc1ccc(C)c(F)c1. The van der Waals surface area contributed by atoms with Gasteiger partial charge >= 0.3 is 5.97 Å². The lowest BCUT2D eigenvalue weighted by atomic mass is 10.1. The van der Waals surface area contributed by atoms with Crippen LogP contribution >= 0.6 is 11.8 Å². The summed E-state index contributed by atoms with van der Waals surface area (Å²) in [7, 11) is 0. The molecule has 6 heteroatoms. The van der Waals surface area contributed by atoms with Crippen molar-refractivity contribution in [1.82, 2.24) is 5.32 Å². The summed E-state index contributed by atoms with van der Waals surface area (Å²) in [6.07, 6.45) is 0. The lowest BCUT2D eigenvalue weighted by Gasteiger charge is -2.06. The van der Waals surface area contributed by atoms with Crippen molar-refractivity contribution in [2.24, 2.45) is 0 Å². The third-order valence-electron chi connectivity index (χ3n) is 2.48. The topological polar surface area (TPSA) is 55.4 Å². The van der Waals surface area contributed by atoms with Crippen LogP contribution < -0.4 is 5.32 Å². The average Bonchev–Trinajstić information content (AvgIpc) is 2.40. The van der Waals surface area contributed by atoms with E-state index in [-0.39, 0.29) is 35.7 Å². The van der Waals surface area contributed by atoms with Crippen LogP contribution in [0.3, 0.4) is 0 Å². The number of esters is 1. The number of rotatable bonds is 7. The fourth-order valence-corrected chi connectivity index (χ4v) is 2.07. The number of carbonyl (C=O) groups is 2. The normalized spacial score (nSPS) is 10.2. The zero-order valence-corrected chi connectivity index (χ0v) is 12.4. The Balaban J connectivity index is 2.26. The Morgan fingerprint density at radius 3 is 2.75 bits per heavy atom. The highest BCUT2D eigenvalue weighted by molar-refractivity contribution is 8.00. The van der Waals surface area contributed by atoms with E-state index in [2.05, 4.69) is 5.32 Å². The van der Waals surface area contributed by atoms with E-state index in [9.17, 15) is 14.0 Å². The number of amides is 1. The van der Waals surface area contributed by atoms with E-state index in [1.165, 1.54) is 17.8 Å². The van der Waals surface area contributed by atoms with Gasteiger partial charge < -0.3 is 10.1 Å². The fraction of sp³-hybridized carbons (Fsp3) is 0.429. The molecule has 0 radical (unpaired) electrons. The van der Waals surface area contributed by atoms with Crippen LogP contribution in [0.4, 0.5) is 4.39 Å². The molecule has 0 bridgehead atoms. The van der Waals surface area contributed by atoms with Crippen molar-refractivity contribution >= 4 is 23.6 Å². The predicted octanol–water partition coefficient (Wildman–Crippen LogP) is 2.05. The van der Waals surface area contributed by atoms with Gasteiger partial charge in [0.2, 0.25) is 5.91 Å². The Morgan fingerprint density at radius 2 is 2.10 bits per heavy atom. The van der Waals surface area contributed by atoms with Gasteiger partial charge in [-0.1, -0.05) is 12.1 Å². The van der Waals surface area contributed by atoms with Crippen molar-refractivity contribution in [1.29, 1.82) is 0 Å². The van der Waals surface area contributed by atoms with Gasteiger partial charge in [0.1, 0.15) is 5.82 Å². The molecule has 0 aromatic heterocycles. The molecule has 0 aliphatic rings. The minimum absolute atomic E-state index is 0.153. The number of hydrogen-bond acceptors (Lipinski definition) is 4. The van der Waals surface area contributed by atoms with Gasteiger partial charge in [-0.05, 0) is 31.0 Å². The first-order valence-electron chi connectivity index (χ1n) is 6.28. The summed E-state index contributed by atoms with van der Waals surface area (Å²) in [6.45, 7) is 4.03. The molecule has 0 atom stereocenters. The maximum atomic E-state index is 13.3. The van der Waals surface area contributed by atoms with Crippen molar-refractivity contribution < 1.29 is 18.7 Å². The molecule has 110 valence electrons. The van der Waals surface area contributed by atoms with E-state index in [1.807, 2.05) is 0 Å².